The van der Waals surface area contributed by atoms with Crippen molar-refractivity contribution in [3.63, 3.8) is 0 Å². The molecule has 1 aliphatic heterocycles. The highest BCUT2D eigenvalue weighted by molar-refractivity contribution is 7.99. The summed E-state index contributed by atoms with van der Waals surface area (Å²) < 4.78 is 21.0. The molecule has 9 nitrogen and oxygen atoms in total. The van der Waals surface area contributed by atoms with Crippen molar-refractivity contribution >= 4 is 40.6 Å². The minimum Gasteiger partial charge on any atom is -0.497 e. The van der Waals surface area contributed by atoms with Crippen LogP contribution in [0.3, 0.4) is 0 Å². The van der Waals surface area contributed by atoms with Crippen molar-refractivity contribution in [2.45, 2.75) is 38.0 Å². The maximum atomic E-state index is 13.9. The van der Waals surface area contributed by atoms with Gasteiger partial charge in [-0.25, -0.2) is 9.40 Å². The van der Waals surface area contributed by atoms with Crippen LogP contribution in [-0.2, 0) is 11.3 Å². The second kappa shape index (κ2) is 13.7. The molecule has 0 saturated carbocycles. The standard InChI is InChI=1S/C34H31FN6O3S2/c1-21-6-4-7-28(22(21)2)40-31(19-36-33(43)30-8-5-17-45-30)37-38-34(40)46-20-32(42)41-29(24-9-13-25(35)14-10-24)18-27(39-41)23-11-15-26(44-3)16-12-23/h4-17,29H,18-20H2,1-3H3,(H,36,43)/t29-/m1/s1. The first-order valence-electron chi connectivity index (χ1n) is 14.6. The number of thioether (sulfide) groups is 1. The summed E-state index contributed by atoms with van der Waals surface area (Å²) in [7, 11) is 1.61. The van der Waals surface area contributed by atoms with Crippen LogP contribution in [-0.4, -0.2) is 50.2 Å². The van der Waals surface area contributed by atoms with Gasteiger partial charge in [-0.1, -0.05) is 42.1 Å². The highest BCUT2D eigenvalue weighted by Crippen LogP contribution is 2.35. The Bertz CT molecular complexity index is 1890. The molecule has 2 aromatic heterocycles. The normalized spacial score (nSPS) is 14.3. The highest BCUT2D eigenvalue weighted by Gasteiger charge is 2.33. The summed E-state index contributed by atoms with van der Waals surface area (Å²) in [5, 5.41) is 20.4. The lowest BCUT2D eigenvalue weighted by atomic mass is 9.98. The summed E-state index contributed by atoms with van der Waals surface area (Å²) in [5.41, 5.74) is 5.40. The monoisotopic (exact) mass is 654 g/mol. The lowest BCUT2D eigenvalue weighted by molar-refractivity contribution is -0.130. The molecule has 0 aliphatic carbocycles. The fourth-order valence-electron chi connectivity index (χ4n) is 5.22. The van der Waals surface area contributed by atoms with Crippen molar-refractivity contribution < 1.29 is 18.7 Å². The van der Waals surface area contributed by atoms with E-state index in [9.17, 15) is 14.0 Å². The molecule has 12 heteroatoms. The molecule has 0 radical (unpaired) electrons. The number of carbonyl (C=O) groups excluding carboxylic acids is 2. The van der Waals surface area contributed by atoms with E-state index < -0.39 is 6.04 Å². The van der Waals surface area contributed by atoms with Gasteiger partial charge in [0.15, 0.2) is 11.0 Å². The number of carbonyl (C=O) groups is 2. The minimum atomic E-state index is -0.397. The van der Waals surface area contributed by atoms with Gasteiger partial charge in [-0.05, 0) is 90.0 Å². The average molecular weight is 655 g/mol. The first-order valence-corrected chi connectivity index (χ1v) is 16.4. The van der Waals surface area contributed by atoms with Gasteiger partial charge in [-0.3, -0.25) is 14.2 Å². The molecular formula is C34H31FN6O3S2. The Balaban J connectivity index is 1.27. The predicted molar refractivity (Wildman–Crippen MR) is 177 cm³/mol. The quantitative estimate of drug-likeness (QED) is 0.173. The molecule has 1 N–H and O–H groups in total. The maximum absolute atomic E-state index is 13.9. The second-order valence-corrected chi connectivity index (χ2v) is 12.6. The van der Waals surface area contributed by atoms with Gasteiger partial charge in [-0.2, -0.15) is 5.10 Å². The van der Waals surface area contributed by atoms with E-state index >= 15 is 0 Å². The summed E-state index contributed by atoms with van der Waals surface area (Å²) in [6.45, 7) is 4.20. The molecule has 0 bridgehead atoms. The van der Waals surface area contributed by atoms with Crippen molar-refractivity contribution in [2.75, 3.05) is 12.9 Å². The van der Waals surface area contributed by atoms with Crippen LogP contribution in [0.1, 0.15) is 50.2 Å². The van der Waals surface area contributed by atoms with Crippen LogP contribution in [0.15, 0.2) is 94.5 Å². The van der Waals surface area contributed by atoms with Crippen LogP contribution < -0.4 is 10.1 Å². The molecule has 3 heterocycles. The Morgan fingerprint density at radius 2 is 1.80 bits per heavy atom. The predicted octanol–water partition coefficient (Wildman–Crippen LogP) is 6.49. The van der Waals surface area contributed by atoms with Crippen LogP contribution in [0, 0.1) is 19.7 Å². The maximum Gasteiger partial charge on any atom is 0.261 e. The van der Waals surface area contributed by atoms with Crippen LogP contribution in [0.5, 0.6) is 5.75 Å². The van der Waals surface area contributed by atoms with E-state index in [1.807, 2.05) is 72.3 Å². The van der Waals surface area contributed by atoms with Crippen molar-refractivity contribution in [2.24, 2.45) is 5.10 Å². The summed E-state index contributed by atoms with van der Waals surface area (Å²) in [6, 6.07) is 22.8. The summed E-state index contributed by atoms with van der Waals surface area (Å²) >= 11 is 2.61. The first kappa shape index (κ1) is 31.2. The van der Waals surface area contributed by atoms with Gasteiger partial charge >= 0.3 is 0 Å². The topological polar surface area (TPSA) is 102 Å². The van der Waals surface area contributed by atoms with Crippen molar-refractivity contribution in [1.82, 2.24) is 25.1 Å². The Morgan fingerprint density at radius 1 is 1.02 bits per heavy atom. The van der Waals surface area contributed by atoms with Crippen LogP contribution in [0.4, 0.5) is 4.39 Å². The minimum absolute atomic E-state index is 0.0294. The third-order valence-corrected chi connectivity index (χ3v) is 9.62. The number of amides is 2. The van der Waals surface area contributed by atoms with Gasteiger partial charge in [0.1, 0.15) is 11.6 Å². The molecular weight excluding hydrogens is 624 g/mol. The fraction of sp³-hybridized carbons (Fsp3) is 0.206. The Kier molecular flexibility index (Phi) is 9.27. The van der Waals surface area contributed by atoms with E-state index in [0.29, 0.717) is 22.3 Å². The van der Waals surface area contributed by atoms with Gasteiger partial charge in [0.25, 0.3) is 11.8 Å². The second-order valence-electron chi connectivity index (χ2n) is 10.7. The van der Waals surface area contributed by atoms with Gasteiger partial charge in [0, 0.05) is 6.42 Å². The van der Waals surface area contributed by atoms with Crippen molar-refractivity contribution in [3.8, 4) is 11.4 Å². The lowest BCUT2D eigenvalue weighted by Crippen LogP contribution is -2.28. The zero-order valence-electron chi connectivity index (χ0n) is 25.4. The number of hydrogen-bond acceptors (Lipinski definition) is 8. The number of methoxy groups -OCH3 is 1. The van der Waals surface area contributed by atoms with Crippen LogP contribution >= 0.6 is 23.1 Å². The number of nitrogens with one attached hydrogen (secondary N) is 1. The molecule has 1 aliphatic rings. The van der Waals surface area contributed by atoms with Gasteiger partial charge in [-0.15, -0.1) is 21.5 Å². The number of thiophene rings is 1. The largest absolute Gasteiger partial charge is 0.497 e. The van der Waals surface area contributed by atoms with Crippen molar-refractivity contribution in [3.05, 3.63) is 123 Å². The van der Waals surface area contributed by atoms with E-state index in [0.717, 1.165) is 39.4 Å². The summed E-state index contributed by atoms with van der Waals surface area (Å²) in [5.74, 6) is 0.521. The SMILES string of the molecule is COc1ccc(C2=NN(C(=O)CSc3nnc(CNC(=O)c4cccs4)n3-c3cccc(C)c3C)[C@@H](c3ccc(F)cc3)C2)cc1. The molecule has 0 unspecified atom stereocenters. The van der Waals surface area contributed by atoms with Gasteiger partial charge < -0.3 is 10.1 Å². The van der Waals surface area contributed by atoms with Crippen molar-refractivity contribution in [1.29, 1.82) is 0 Å². The average Bonchev–Trinajstić information content (AvgIpc) is 3.85. The van der Waals surface area contributed by atoms with E-state index in [1.165, 1.54) is 40.2 Å². The van der Waals surface area contributed by atoms with E-state index in [1.54, 1.807) is 25.3 Å². The third-order valence-electron chi connectivity index (χ3n) is 7.84. The molecule has 46 heavy (non-hydrogen) atoms. The molecule has 3 aromatic carbocycles. The van der Waals surface area contributed by atoms with Crippen LogP contribution in [0.25, 0.3) is 5.69 Å². The molecule has 5 aromatic rings. The molecule has 1 atom stereocenters. The highest BCUT2D eigenvalue weighted by atomic mass is 32.2. The molecule has 0 spiro atoms. The molecule has 0 fully saturated rings. The smallest absolute Gasteiger partial charge is 0.261 e. The Morgan fingerprint density at radius 3 is 2.52 bits per heavy atom. The zero-order chi connectivity index (χ0) is 32.2. The number of benzene rings is 3. The third kappa shape index (κ3) is 6.58. The fourth-order valence-corrected chi connectivity index (χ4v) is 6.67. The number of nitrogens with zero attached hydrogens (tertiary/aromatic N) is 5. The summed E-state index contributed by atoms with van der Waals surface area (Å²) in [6.07, 6.45) is 0.473. The molecule has 2 amide bonds. The Labute approximate surface area is 274 Å². The molecule has 0 saturated heterocycles. The number of aryl methyl sites for hydroxylation is 1. The lowest BCUT2D eigenvalue weighted by Gasteiger charge is -2.22. The number of hydrogen-bond donors (Lipinski definition) is 1. The van der Waals surface area contributed by atoms with E-state index in [2.05, 4.69) is 15.5 Å². The van der Waals surface area contributed by atoms with Gasteiger partial charge in [0.2, 0.25) is 0 Å². The number of halogens is 1. The van der Waals surface area contributed by atoms with Crippen LogP contribution in [0.2, 0.25) is 0 Å². The molecule has 234 valence electrons. The number of rotatable bonds is 10. The number of ether oxygens (including phenoxy) is 1. The van der Waals surface area contributed by atoms with E-state index in [-0.39, 0.29) is 29.9 Å². The number of hydrazone groups is 1. The Hall–Kier alpha value is -4.81. The summed E-state index contributed by atoms with van der Waals surface area (Å²) in [4.78, 5) is 27.2. The number of aromatic nitrogens is 3. The first-order chi connectivity index (χ1) is 22.3. The van der Waals surface area contributed by atoms with Gasteiger partial charge in [0.05, 0.1) is 41.7 Å². The molecule has 6 rings (SSSR count). The zero-order valence-corrected chi connectivity index (χ0v) is 27.1. The van der Waals surface area contributed by atoms with E-state index in [4.69, 9.17) is 9.84 Å².